The second-order valence-electron chi connectivity index (χ2n) is 3.82. The van der Waals surface area contributed by atoms with Crippen LogP contribution in [0.1, 0.15) is 13.3 Å². The fourth-order valence-corrected chi connectivity index (χ4v) is 1.49. The average molecular weight is 314 g/mol. The predicted molar refractivity (Wildman–Crippen MR) is 69.0 cm³/mol. The highest BCUT2D eigenvalue weighted by atomic mass is 35.5. The van der Waals surface area contributed by atoms with Gasteiger partial charge in [0.15, 0.2) is 0 Å². The van der Waals surface area contributed by atoms with E-state index in [1.165, 1.54) is 14.0 Å². The number of hydrogen-bond acceptors (Lipinski definition) is 6. The van der Waals surface area contributed by atoms with E-state index in [-0.39, 0.29) is 23.6 Å². The molecule has 0 aliphatic rings. The Balaban J connectivity index is 2.79. The fourth-order valence-electron chi connectivity index (χ4n) is 1.33. The lowest BCUT2D eigenvalue weighted by Crippen LogP contribution is -2.36. The third-order valence-electron chi connectivity index (χ3n) is 2.30. The van der Waals surface area contributed by atoms with Crippen molar-refractivity contribution in [3.05, 3.63) is 5.28 Å². The highest BCUT2D eigenvalue weighted by molar-refractivity contribution is 6.28. The molecule has 0 aliphatic carbocycles. The van der Waals surface area contributed by atoms with E-state index in [1.54, 1.807) is 0 Å². The standard InChI is InChI=1S/C10H15ClF3N5O/c1-3-6(10(12,13)14)16-9-18-7(11)17-8(19-9)15-4-5-20-2/h6H,3-5H2,1-2H3,(H2,15,16,17,18,19)/t6-/m1/s1. The van der Waals surface area contributed by atoms with E-state index in [0.29, 0.717) is 13.2 Å². The summed E-state index contributed by atoms with van der Waals surface area (Å²) in [6.07, 6.45) is -4.54. The van der Waals surface area contributed by atoms with Crippen molar-refractivity contribution in [3.63, 3.8) is 0 Å². The summed E-state index contributed by atoms with van der Waals surface area (Å²) in [5.41, 5.74) is 0. The molecular formula is C10H15ClF3N5O. The number of rotatable bonds is 7. The smallest absolute Gasteiger partial charge is 0.383 e. The highest BCUT2D eigenvalue weighted by Gasteiger charge is 2.38. The first kappa shape index (κ1) is 16.7. The molecular weight excluding hydrogens is 299 g/mol. The van der Waals surface area contributed by atoms with E-state index >= 15 is 0 Å². The topological polar surface area (TPSA) is 72.0 Å². The first-order chi connectivity index (χ1) is 9.36. The van der Waals surface area contributed by atoms with Crippen molar-refractivity contribution >= 4 is 23.5 Å². The Hall–Kier alpha value is -1.35. The molecule has 1 aromatic rings. The molecule has 0 amide bonds. The first-order valence-electron chi connectivity index (χ1n) is 5.84. The van der Waals surface area contributed by atoms with Crippen LogP contribution < -0.4 is 10.6 Å². The zero-order valence-corrected chi connectivity index (χ0v) is 11.7. The van der Waals surface area contributed by atoms with Crippen LogP contribution in [-0.4, -0.2) is 47.4 Å². The van der Waals surface area contributed by atoms with Crippen molar-refractivity contribution in [1.29, 1.82) is 0 Å². The average Bonchev–Trinajstić information content (AvgIpc) is 2.34. The third kappa shape index (κ3) is 5.33. The molecule has 0 aromatic carbocycles. The molecule has 114 valence electrons. The van der Waals surface area contributed by atoms with Gasteiger partial charge in [-0.25, -0.2) is 0 Å². The summed E-state index contributed by atoms with van der Waals surface area (Å²) < 4.78 is 42.8. The van der Waals surface area contributed by atoms with Crippen molar-refractivity contribution in [1.82, 2.24) is 15.0 Å². The normalized spacial score (nSPS) is 13.1. The highest BCUT2D eigenvalue weighted by Crippen LogP contribution is 2.25. The molecule has 0 unspecified atom stereocenters. The monoisotopic (exact) mass is 313 g/mol. The molecule has 0 fully saturated rings. The quantitative estimate of drug-likeness (QED) is 0.753. The maximum absolute atomic E-state index is 12.7. The van der Waals surface area contributed by atoms with E-state index in [4.69, 9.17) is 16.3 Å². The molecule has 2 N–H and O–H groups in total. The van der Waals surface area contributed by atoms with E-state index in [1.807, 2.05) is 0 Å². The number of nitrogens with one attached hydrogen (secondary N) is 2. The summed E-state index contributed by atoms with van der Waals surface area (Å²) in [5.74, 6) is -0.143. The number of halogens is 4. The molecule has 1 aromatic heterocycles. The van der Waals surface area contributed by atoms with Gasteiger partial charge in [-0.2, -0.15) is 28.1 Å². The molecule has 1 atom stereocenters. The molecule has 10 heteroatoms. The molecule has 0 bridgehead atoms. The van der Waals surface area contributed by atoms with Crippen molar-refractivity contribution in [2.45, 2.75) is 25.6 Å². The molecule has 20 heavy (non-hydrogen) atoms. The number of alkyl halides is 3. The second kappa shape index (κ2) is 7.44. The van der Waals surface area contributed by atoms with Crippen molar-refractivity contribution in [2.75, 3.05) is 30.9 Å². The number of nitrogens with zero attached hydrogens (tertiary/aromatic N) is 3. The number of methoxy groups -OCH3 is 1. The first-order valence-corrected chi connectivity index (χ1v) is 6.22. The van der Waals surface area contributed by atoms with Gasteiger partial charge >= 0.3 is 6.18 Å². The lowest BCUT2D eigenvalue weighted by atomic mass is 10.2. The Morgan fingerprint density at radius 3 is 2.45 bits per heavy atom. The Morgan fingerprint density at radius 2 is 1.90 bits per heavy atom. The Morgan fingerprint density at radius 1 is 1.25 bits per heavy atom. The summed E-state index contributed by atoms with van der Waals surface area (Å²) >= 11 is 5.65. The van der Waals surface area contributed by atoms with Gasteiger partial charge in [0, 0.05) is 13.7 Å². The summed E-state index contributed by atoms with van der Waals surface area (Å²) in [6.45, 7) is 2.20. The van der Waals surface area contributed by atoms with Crippen LogP contribution in [-0.2, 0) is 4.74 Å². The lowest BCUT2D eigenvalue weighted by molar-refractivity contribution is -0.143. The van der Waals surface area contributed by atoms with Crippen LogP contribution in [0.5, 0.6) is 0 Å². The van der Waals surface area contributed by atoms with Crippen molar-refractivity contribution in [2.24, 2.45) is 0 Å². The molecule has 1 heterocycles. The molecule has 6 nitrogen and oxygen atoms in total. The van der Waals surface area contributed by atoms with E-state index in [0.717, 1.165) is 0 Å². The van der Waals surface area contributed by atoms with Crippen LogP contribution in [0.3, 0.4) is 0 Å². The van der Waals surface area contributed by atoms with Gasteiger partial charge in [0.2, 0.25) is 17.2 Å². The minimum absolute atomic E-state index is 0.0848. The van der Waals surface area contributed by atoms with E-state index in [9.17, 15) is 13.2 Å². The minimum Gasteiger partial charge on any atom is -0.383 e. The second-order valence-corrected chi connectivity index (χ2v) is 4.16. The van der Waals surface area contributed by atoms with Crippen LogP contribution >= 0.6 is 11.6 Å². The van der Waals surface area contributed by atoms with Gasteiger partial charge in [-0.3, -0.25) is 0 Å². The maximum Gasteiger partial charge on any atom is 0.408 e. The van der Waals surface area contributed by atoms with Crippen molar-refractivity contribution < 1.29 is 17.9 Å². The van der Waals surface area contributed by atoms with E-state index in [2.05, 4.69) is 25.6 Å². The zero-order valence-electron chi connectivity index (χ0n) is 11.0. The molecule has 0 radical (unpaired) electrons. The SMILES string of the molecule is CC[C@@H](Nc1nc(Cl)nc(NCCOC)n1)C(F)(F)F. The summed E-state index contributed by atoms with van der Waals surface area (Å²) in [7, 11) is 1.52. The summed E-state index contributed by atoms with van der Waals surface area (Å²) in [5, 5.41) is 4.77. The number of hydrogen-bond donors (Lipinski definition) is 2. The van der Waals surface area contributed by atoms with E-state index < -0.39 is 12.2 Å². The van der Waals surface area contributed by atoms with Gasteiger partial charge in [-0.1, -0.05) is 6.92 Å². The van der Waals surface area contributed by atoms with Crippen LogP contribution in [0.15, 0.2) is 0 Å². The van der Waals surface area contributed by atoms with Crippen molar-refractivity contribution in [3.8, 4) is 0 Å². The number of aromatic nitrogens is 3. The molecule has 1 rings (SSSR count). The van der Waals surface area contributed by atoms with Gasteiger partial charge in [-0.15, -0.1) is 0 Å². The number of anilines is 2. The lowest BCUT2D eigenvalue weighted by Gasteiger charge is -2.20. The maximum atomic E-state index is 12.7. The van der Waals surface area contributed by atoms with Gasteiger partial charge in [0.05, 0.1) is 6.61 Å². The molecule has 0 spiro atoms. The predicted octanol–water partition coefficient (Wildman–Crippen LogP) is 2.34. The minimum atomic E-state index is -4.39. The number of ether oxygens (including phenoxy) is 1. The molecule has 0 saturated carbocycles. The Labute approximate surface area is 119 Å². The summed E-state index contributed by atoms with van der Waals surface area (Å²) in [6, 6.07) is -1.74. The van der Waals surface area contributed by atoms with Gasteiger partial charge in [-0.05, 0) is 18.0 Å². The van der Waals surface area contributed by atoms with Gasteiger partial charge < -0.3 is 15.4 Å². The molecule has 0 aliphatic heterocycles. The van der Waals surface area contributed by atoms with Crippen LogP contribution in [0.25, 0.3) is 0 Å². The van der Waals surface area contributed by atoms with Crippen LogP contribution in [0.4, 0.5) is 25.1 Å². The molecule has 0 saturated heterocycles. The Kier molecular flexibility index (Phi) is 6.21. The summed E-state index contributed by atoms with van der Waals surface area (Å²) in [4.78, 5) is 11.2. The van der Waals surface area contributed by atoms with Crippen LogP contribution in [0, 0.1) is 0 Å². The zero-order chi connectivity index (χ0) is 15.2. The third-order valence-corrected chi connectivity index (χ3v) is 2.47. The fraction of sp³-hybridized carbons (Fsp3) is 0.700. The van der Waals surface area contributed by atoms with Gasteiger partial charge in [0.25, 0.3) is 0 Å². The Bertz CT molecular complexity index is 432. The largest absolute Gasteiger partial charge is 0.408 e. The van der Waals surface area contributed by atoms with Crippen LogP contribution in [0.2, 0.25) is 5.28 Å². The van der Waals surface area contributed by atoms with Gasteiger partial charge in [0.1, 0.15) is 6.04 Å².